The van der Waals surface area contributed by atoms with E-state index in [1.165, 1.54) is 18.3 Å². The van der Waals surface area contributed by atoms with Gasteiger partial charge in [0.2, 0.25) is 0 Å². The van der Waals surface area contributed by atoms with Crippen LogP contribution in [0.15, 0.2) is 30.5 Å². The Morgan fingerprint density at radius 1 is 1.30 bits per heavy atom. The Morgan fingerprint density at radius 2 is 1.90 bits per heavy atom. The normalized spacial score (nSPS) is 11.6. The summed E-state index contributed by atoms with van der Waals surface area (Å²) in [5.41, 5.74) is 1.34. The van der Waals surface area contributed by atoms with Gasteiger partial charge in [-0.3, -0.25) is 4.68 Å². The molecule has 2 aromatic rings. The first-order valence-electron chi connectivity index (χ1n) is 6.34. The number of halogens is 1. The molecule has 2 rings (SSSR count). The molecule has 0 spiro atoms. The minimum atomic E-state index is -1.00. The molecule has 106 valence electrons. The van der Waals surface area contributed by atoms with E-state index in [9.17, 15) is 14.3 Å². The molecule has 0 atom stereocenters. The maximum Gasteiger partial charge on any atom is 0.339 e. The zero-order chi connectivity index (χ0) is 14.9. The van der Waals surface area contributed by atoms with Gasteiger partial charge in [-0.25, -0.2) is 9.18 Å². The molecule has 4 nitrogen and oxygen atoms in total. The van der Waals surface area contributed by atoms with Crippen molar-refractivity contribution < 1.29 is 14.3 Å². The predicted molar refractivity (Wildman–Crippen MR) is 73.4 cm³/mol. The number of nitrogens with zero attached hydrogens (tertiary/aromatic N) is 2. The van der Waals surface area contributed by atoms with Crippen LogP contribution in [-0.4, -0.2) is 20.9 Å². The lowest BCUT2D eigenvalue weighted by Gasteiger charge is -2.22. The number of carbonyl (C=O) groups is 1. The van der Waals surface area contributed by atoms with Gasteiger partial charge < -0.3 is 5.11 Å². The molecule has 1 heterocycles. The van der Waals surface area contributed by atoms with Crippen molar-refractivity contribution in [2.45, 2.75) is 32.7 Å². The van der Waals surface area contributed by atoms with Crippen molar-refractivity contribution >= 4 is 5.97 Å². The Bertz CT molecular complexity index is 624. The Hall–Kier alpha value is -2.17. The average Bonchev–Trinajstić information content (AvgIpc) is 2.75. The van der Waals surface area contributed by atoms with Crippen molar-refractivity contribution in [3.05, 3.63) is 53.1 Å². The number of hydrogen-bond donors (Lipinski definition) is 1. The molecule has 0 fully saturated rings. The van der Waals surface area contributed by atoms with Gasteiger partial charge in [-0.15, -0.1) is 0 Å². The topological polar surface area (TPSA) is 55.1 Å². The first-order chi connectivity index (χ1) is 9.29. The first-order valence-corrected chi connectivity index (χ1v) is 6.34. The summed E-state index contributed by atoms with van der Waals surface area (Å²) >= 11 is 0. The second-order valence-electron chi connectivity index (χ2n) is 5.70. The summed E-state index contributed by atoms with van der Waals surface area (Å²) in [5, 5.41) is 13.4. The Kier molecular flexibility index (Phi) is 3.61. The van der Waals surface area contributed by atoms with Crippen LogP contribution in [0.2, 0.25) is 0 Å². The van der Waals surface area contributed by atoms with Gasteiger partial charge in [-0.1, -0.05) is 12.1 Å². The Balaban J connectivity index is 2.45. The van der Waals surface area contributed by atoms with E-state index in [0.29, 0.717) is 12.1 Å². The second kappa shape index (κ2) is 5.07. The van der Waals surface area contributed by atoms with Gasteiger partial charge in [0.25, 0.3) is 0 Å². The van der Waals surface area contributed by atoms with E-state index in [1.54, 1.807) is 16.8 Å². The van der Waals surface area contributed by atoms with Crippen molar-refractivity contribution in [2.75, 3.05) is 0 Å². The number of aromatic nitrogens is 2. The molecule has 0 aliphatic heterocycles. The highest BCUT2D eigenvalue weighted by atomic mass is 19.1. The molecule has 0 unspecified atom stereocenters. The lowest BCUT2D eigenvalue weighted by molar-refractivity contribution is 0.0695. The van der Waals surface area contributed by atoms with E-state index in [0.717, 1.165) is 5.56 Å². The van der Waals surface area contributed by atoms with Crippen LogP contribution in [0, 0.1) is 5.82 Å². The van der Waals surface area contributed by atoms with Crippen molar-refractivity contribution in [3.8, 4) is 0 Å². The lowest BCUT2D eigenvalue weighted by Crippen LogP contribution is -2.26. The van der Waals surface area contributed by atoms with Gasteiger partial charge >= 0.3 is 5.97 Å². The number of carboxylic acids is 1. The summed E-state index contributed by atoms with van der Waals surface area (Å²) in [6.07, 6.45) is 1.77. The molecule has 0 amide bonds. The number of hydrogen-bond acceptors (Lipinski definition) is 2. The fourth-order valence-electron chi connectivity index (χ4n) is 2.10. The SMILES string of the molecule is CC(C)(C)n1ncc(C(=O)O)c1Cc1ccc(F)cc1. The molecule has 1 aromatic carbocycles. The van der Waals surface area contributed by atoms with Crippen molar-refractivity contribution in [3.63, 3.8) is 0 Å². The molecular weight excluding hydrogens is 259 g/mol. The number of carboxylic acid groups (broad SMARTS) is 1. The van der Waals surface area contributed by atoms with Gasteiger partial charge in [-0.2, -0.15) is 5.10 Å². The maximum atomic E-state index is 12.9. The summed E-state index contributed by atoms with van der Waals surface area (Å²) in [4.78, 5) is 11.3. The van der Waals surface area contributed by atoms with E-state index < -0.39 is 5.97 Å². The smallest absolute Gasteiger partial charge is 0.339 e. The average molecular weight is 276 g/mol. The minimum absolute atomic E-state index is 0.184. The van der Waals surface area contributed by atoms with E-state index in [1.807, 2.05) is 20.8 Å². The molecule has 20 heavy (non-hydrogen) atoms. The maximum absolute atomic E-state index is 12.9. The monoisotopic (exact) mass is 276 g/mol. The zero-order valence-electron chi connectivity index (χ0n) is 11.7. The van der Waals surface area contributed by atoms with Gasteiger partial charge in [0, 0.05) is 6.42 Å². The van der Waals surface area contributed by atoms with Gasteiger partial charge in [0.15, 0.2) is 0 Å². The highest BCUT2D eigenvalue weighted by Crippen LogP contribution is 2.22. The molecule has 5 heteroatoms. The Labute approximate surface area is 116 Å². The fraction of sp³-hybridized carbons (Fsp3) is 0.333. The van der Waals surface area contributed by atoms with Crippen molar-refractivity contribution in [1.82, 2.24) is 9.78 Å². The molecule has 0 bridgehead atoms. The second-order valence-corrected chi connectivity index (χ2v) is 5.70. The summed E-state index contributed by atoms with van der Waals surface area (Å²) in [6.45, 7) is 5.87. The van der Waals surface area contributed by atoms with Gasteiger partial charge in [0.1, 0.15) is 11.4 Å². The fourth-order valence-corrected chi connectivity index (χ4v) is 2.10. The van der Waals surface area contributed by atoms with E-state index in [-0.39, 0.29) is 16.9 Å². The third-order valence-corrected chi connectivity index (χ3v) is 3.02. The highest BCUT2D eigenvalue weighted by Gasteiger charge is 2.23. The molecular formula is C15H17FN2O2. The minimum Gasteiger partial charge on any atom is -0.478 e. The molecule has 0 saturated carbocycles. The largest absolute Gasteiger partial charge is 0.478 e. The van der Waals surface area contributed by atoms with Crippen LogP contribution in [0.25, 0.3) is 0 Å². The summed E-state index contributed by atoms with van der Waals surface area (Å²) in [6, 6.07) is 6.04. The summed E-state index contributed by atoms with van der Waals surface area (Å²) in [5.74, 6) is -1.31. The molecule has 0 radical (unpaired) electrons. The summed E-state index contributed by atoms with van der Waals surface area (Å²) < 4.78 is 14.6. The first kappa shape index (κ1) is 14.2. The zero-order valence-corrected chi connectivity index (χ0v) is 11.7. The van der Waals surface area contributed by atoms with Crippen LogP contribution in [-0.2, 0) is 12.0 Å². The molecule has 0 aliphatic rings. The highest BCUT2D eigenvalue weighted by molar-refractivity contribution is 5.88. The number of rotatable bonds is 3. The molecule has 0 aliphatic carbocycles. The molecule has 1 N–H and O–H groups in total. The molecule has 1 aromatic heterocycles. The predicted octanol–water partition coefficient (Wildman–Crippen LogP) is 3.07. The van der Waals surface area contributed by atoms with E-state index in [4.69, 9.17) is 0 Å². The quantitative estimate of drug-likeness (QED) is 0.937. The van der Waals surface area contributed by atoms with Crippen LogP contribution in [0.3, 0.4) is 0 Å². The third kappa shape index (κ3) is 2.87. The van der Waals surface area contributed by atoms with Crippen molar-refractivity contribution in [1.29, 1.82) is 0 Å². The summed E-state index contributed by atoms with van der Waals surface area (Å²) in [7, 11) is 0. The van der Waals surface area contributed by atoms with Gasteiger partial charge in [0.05, 0.1) is 17.4 Å². The third-order valence-electron chi connectivity index (χ3n) is 3.02. The Morgan fingerprint density at radius 3 is 2.40 bits per heavy atom. The van der Waals surface area contributed by atoms with Crippen LogP contribution >= 0.6 is 0 Å². The number of aromatic carboxylic acids is 1. The van der Waals surface area contributed by atoms with Crippen LogP contribution in [0.5, 0.6) is 0 Å². The van der Waals surface area contributed by atoms with Gasteiger partial charge in [-0.05, 0) is 38.5 Å². The van der Waals surface area contributed by atoms with Crippen molar-refractivity contribution in [2.24, 2.45) is 0 Å². The van der Waals surface area contributed by atoms with E-state index in [2.05, 4.69) is 5.10 Å². The molecule has 0 saturated heterocycles. The van der Waals surface area contributed by atoms with E-state index >= 15 is 0 Å². The standard InChI is InChI=1S/C15H17FN2O2/c1-15(2,3)18-13(12(9-17-18)14(19)20)8-10-4-6-11(16)7-5-10/h4-7,9H,8H2,1-3H3,(H,19,20). The lowest BCUT2D eigenvalue weighted by atomic mass is 10.0. The number of benzene rings is 1. The van der Waals surface area contributed by atoms with Crippen LogP contribution < -0.4 is 0 Å². The van der Waals surface area contributed by atoms with Crippen LogP contribution in [0.1, 0.15) is 42.4 Å². The van der Waals surface area contributed by atoms with Crippen LogP contribution in [0.4, 0.5) is 4.39 Å².